The molecular formula is C18H21NO. The Bertz CT molecular complexity index is 612. The second-order valence-corrected chi connectivity index (χ2v) is 4.87. The lowest BCUT2D eigenvalue weighted by atomic mass is 10.0. The molecule has 0 aliphatic rings. The minimum Gasteiger partial charge on any atom is -0.493 e. The summed E-state index contributed by atoms with van der Waals surface area (Å²) in [6, 6.07) is 12.8. The number of nitrogens with one attached hydrogen (secondary N) is 1. The summed E-state index contributed by atoms with van der Waals surface area (Å²) in [7, 11) is 1.96. The number of hydrogen-bond acceptors (Lipinski definition) is 2. The Labute approximate surface area is 121 Å². The van der Waals surface area contributed by atoms with Crippen LogP contribution in [-0.4, -0.2) is 13.7 Å². The highest BCUT2D eigenvalue weighted by Gasteiger charge is 2.13. The fraction of sp³-hybridized carbons (Fsp3) is 0.333. The van der Waals surface area contributed by atoms with Crippen LogP contribution in [0.25, 0.3) is 10.8 Å². The SMILES string of the molecule is C#CCCCOc1c(C(C)NC)ccc2ccccc12. The minimum atomic E-state index is 0.252. The Morgan fingerprint density at radius 2 is 2.05 bits per heavy atom. The zero-order valence-corrected chi connectivity index (χ0v) is 12.1. The molecule has 2 rings (SSSR count). The van der Waals surface area contributed by atoms with Crippen molar-refractivity contribution in [3.63, 3.8) is 0 Å². The van der Waals surface area contributed by atoms with E-state index in [1.807, 2.05) is 19.2 Å². The zero-order valence-electron chi connectivity index (χ0n) is 12.1. The first-order valence-electron chi connectivity index (χ1n) is 7.03. The third kappa shape index (κ3) is 3.12. The van der Waals surface area contributed by atoms with Gasteiger partial charge >= 0.3 is 0 Å². The second-order valence-electron chi connectivity index (χ2n) is 4.87. The van der Waals surface area contributed by atoms with Gasteiger partial charge in [0.1, 0.15) is 5.75 Å². The molecule has 2 heteroatoms. The van der Waals surface area contributed by atoms with Crippen molar-refractivity contribution < 1.29 is 4.74 Å². The minimum absolute atomic E-state index is 0.252. The quantitative estimate of drug-likeness (QED) is 0.633. The van der Waals surface area contributed by atoms with Gasteiger partial charge < -0.3 is 10.1 Å². The lowest BCUT2D eigenvalue weighted by Gasteiger charge is -2.18. The fourth-order valence-corrected chi connectivity index (χ4v) is 2.27. The summed E-state index contributed by atoms with van der Waals surface area (Å²) in [5.74, 6) is 3.62. The second kappa shape index (κ2) is 6.98. The zero-order chi connectivity index (χ0) is 14.4. The normalized spacial score (nSPS) is 12.1. The molecule has 104 valence electrons. The van der Waals surface area contributed by atoms with Gasteiger partial charge in [-0.25, -0.2) is 0 Å². The van der Waals surface area contributed by atoms with E-state index in [-0.39, 0.29) is 6.04 Å². The van der Waals surface area contributed by atoms with Gasteiger partial charge in [-0.1, -0.05) is 36.4 Å². The molecule has 0 saturated carbocycles. The molecule has 0 heterocycles. The summed E-state index contributed by atoms with van der Waals surface area (Å²) < 4.78 is 6.04. The molecule has 2 nitrogen and oxygen atoms in total. The molecule has 0 aliphatic carbocycles. The van der Waals surface area contributed by atoms with Crippen molar-refractivity contribution in [1.29, 1.82) is 0 Å². The average molecular weight is 267 g/mol. The first-order chi connectivity index (χ1) is 9.77. The molecule has 0 bridgehead atoms. The first-order valence-corrected chi connectivity index (χ1v) is 7.03. The molecule has 20 heavy (non-hydrogen) atoms. The van der Waals surface area contributed by atoms with E-state index in [0.29, 0.717) is 6.61 Å². The van der Waals surface area contributed by atoms with Gasteiger partial charge in [0.15, 0.2) is 0 Å². The third-order valence-corrected chi connectivity index (χ3v) is 3.52. The van der Waals surface area contributed by atoms with Crippen LogP contribution < -0.4 is 10.1 Å². The van der Waals surface area contributed by atoms with Crippen LogP contribution >= 0.6 is 0 Å². The van der Waals surface area contributed by atoms with Crippen LogP contribution in [0, 0.1) is 12.3 Å². The number of ether oxygens (including phenoxy) is 1. The summed E-state index contributed by atoms with van der Waals surface area (Å²) in [4.78, 5) is 0. The molecule has 0 spiro atoms. The molecule has 0 fully saturated rings. The summed E-state index contributed by atoms with van der Waals surface area (Å²) >= 11 is 0. The molecule has 0 radical (unpaired) electrons. The van der Waals surface area contributed by atoms with Crippen molar-refractivity contribution in [2.75, 3.05) is 13.7 Å². The van der Waals surface area contributed by atoms with Gasteiger partial charge in [-0.3, -0.25) is 0 Å². The van der Waals surface area contributed by atoms with E-state index in [0.717, 1.165) is 24.0 Å². The van der Waals surface area contributed by atoms with Gasteiger partial charge in [0, 0.05) is 23.4 Å². The number of fused-ring (bicyclic) bond motifs is 1. The summed E-state index contributed by atoms with van der Waals surface area (Å²) in [6.45, 7) is 2.79. The van der Waals surface area contributed by atoms with Crippen LogP contribution in [0.5, 0.6) is 5.75 Å². The monoisotopic (exact) mass is 267 g/mol. The van der Waals surface area contributed by atoms with E-state index < -0.39 is 0 Å². The smallest absolute Gasteiger partial charge is 0.131 e. The molecule has 0 aliphatic heterocycles. The van der Waals surface area contributed by atoms with E-state index in [2.05, 4.69) is 42.4 Å². The standard InChI is InChI=1S/C18H21NO/c1-4-5-8-13-20-18-16(14(2)19-3)12-11-15-9-6-7-10-17(15)18/h1,6-7,9-12,14,19H,5,8,13H2,2-3H3. The van der Waals surface area contributed by atoms with E-state index in [1.54, 1.807) is 0 Å². The third-order valence-electron chi connectivity index (χ3n) is 3.52. The van der Waals surface area contributed by atoms with Crippen LogP contribution in [0.1, 0.15) is 31.4 Å². The molecule has 1 N–H and O–H groups in total. The van der Waals surface area contributed by atoms with Crippen molar-refractivity contribution in [1.82, 2.24) is 5.32 Å². The Morgan fingerprint density at radius 1 is 1.25 bits per heavy atom. The van der Waals surface area contributed by atoms with Gasteiger partial charge in [0.2, 0.25) is 0 Å². The van der Waals surface area contributed by atoms with E-state index in [9.17, 15) is 0 Å². The fourth-order valence-electron chi connectivity index (χ4n) is 2.27. The number of terminal acetylenes is 1. The van der Waals surface area contributed by atoms with E-state index in [4.69, 9.17) is 11.2 Å². The molecule has 1 atom stereocenters. The maximum Gasteiger partial charge on any atom is 0.131 e. The molecule has 0 amide bonds. The molecule has 1 unspecified atom stereocenters. The van der Waals surface area contributed by atoms with Crippen molar-refractivity contribution in [3.8, 4) is 18.1 Å². The number of rotatable bonds is 6. The van der Waals surface area contributed by atoms with Crippen LogP contribution in [0.15, 0.2) is 36.4 Å². The van der Waals surface area contributed by atoms with Crippen LogP contribution in [0.4, 0.5) is 0 Å². The van der Waals surface area contributed by atoms with E-state index in [1.165, 1.54) is 10.9 Å². The van der Waals surface area contributed by atoms with Crippen molar-refractivity contribution in [2.24, 2.45) is 0 Å². The van der Waals surface area contributed by atoms with Gasteiger partial charge in [-0.15, -0.1) is 12.3 Å². The predicted molar refractivity (Wildman–Crippen MR) is 85.0 cm³/mol. The Kier molecular flexibility index (Phi) is 5.03. The van der Waals surface area contributed by atoms with Gasteiger partial charge in [0.05, 0.1) is 6.61 Å². The highest BCUT2D eigenvalue weighted by molar-refractivity contribution is 5.89. The van der Waals surface area contributed by atoms with E-state index >= 15 is 0 Å². The number of hydrogen-bond donors (Lipinski definition) is 1. The van der Waals surface area contributed by atoms with Gasteiger partial charge in [-0.2, -0.15) is 0 Å². The highest BCUT2D eigenvalue weighted by atomic mass is 16.5. The summed E-state index contributed by atoms with van der Waals surface area (Å²) in [5, 5.41) is 5.64. The molecule has 2 aromatic carbocycles. The van der Waals surface area contributed by atoms with Crippen LogP contribution in [0.2, 0.25) is 0 Å². The predicted octanol–water partition coefficient (Wildman–Crippen LogP) is 3.91. The molecular weight excluding hydrogens is 246 g/mol. The molecule has 0 saturated heterocycles. The lowest BCUT2D eigenvalue weighted by Crippen LogP contribution is -2.14. The van der Waals surface area contributed by atoms with Crippen molar-refractivity contribution >= 4 is 10.8 Å². The molecule has 2 aromatic rings. The highest BCUT2D eigenvalue weighted by Crippen LogP contribution is 2.33. The Balaban J connectivity index is 2.37. The topological polar surface area (TPSA) is 21.3 Å². The summed E-state index contributed by atoms with van der Waals surface area (Å²) in [6.07, 6.45) is 6.92. The Hall–Kier alpha value is -1.98. The number of unbranched alkanes of at least 4 members (excludes halogenated alkanes) is 1. The molecule has 0 aromatic heterocycles. The maximum atomic E-state index is 6.04. The first kappa shape index (κ1) is 14.4. The van der Waals surface area contributed by atoms with Crippen LogP contribution in [0.3, 0.4) is 0 Å². The van der Waals surface area contributed by atoms with Crippen LogP contribution in [-0.2, 0) is 0 Å². The van der Waals surface area contributed by atoms with Crippen molar-refractivity contribution in [2.45, 2.75) is 25.8 Å². The maximum absolute atomic E-state index is 6.04. The van der Waals surface area contributed by atoms with Crippen molar-refractivity contribution in [3.05, 3.63) is 42.0 Å². The Morgan fingerprint density at radius 3 is 2.80 bits per heavy atom. The lowest BCUT2D eigenvalue weighted by molar-refractivity contribution is 0.311. The summed E-state index contributed by atoms with van der Waals surface area (Å²) in [5.41, 5.74) is 1.19. The number of benzene rings is 2. The largest absolute Gasteiger partial charge is 0.493 e. The van der Waals surface area contributed by atoms with Gasteiger partial charge in [0.25, 0.3) is 0 Å². The average Bonchev–Trinajstić information content (AvgIpc) is 2.50. The van der Waals surface area contributed by atoms with Gasteiger partial charge in [-0.05, 0) is 25.8 Å².